The van der Waals surface area contributed by atoms with Crippen LogP contribution in [0.1, 0.15) is 22.5 Å². The predicted octanol–water partition coefficient (Wildman–Crippen LogP) is 2.24. The molecule has 0 spiro atoms. The second-order valence-electron chi connectivity index (χ2n) is 7.93. The van der Waals surface area contributed by atoms with Crippen LogP contribution in [-0.2, 0) is 18.0 Å². The molecule has 0 radical (unpaired) electrons. The molecular weight excluding hydrogens is 521 g/mol. The second kappa shape index (κ2) is 10.2. The highest BCUT2D eigenvalue weighted by Crippen LogP contribution is 2.33. The lowest BCUT2D eigenvalue weighted by atomic mass is 10.1. The number of nitrogens with two attached hydrogens (primary N) is 1. The van der Waals surface area contributed by atoms with Gasteiger partial charge in [-0.1, -0.05) is 0 Å². The number of rotatable bonds is 3. The molecule has 2 atom stereocenters. The van der Waals surface area contributed by atoms with Crippen LogP contribution in [0.2, 0.25) is 0 Å². The van der Waals surface area contributed by atoms with Gasteiger partial charge < -0.3 is 21.1 Å². The molecule has 0 aromatic carbocycles. The summed E-state index contributed by atoms with van der Waals surface area (Å²) < 4.78 is 87.3. The first-order chi connectivity index (χ1) is 17.1. The van der Waals surface area contributed by atoms with Crippen LogP contribution >= 0.6 is 0 Å². The first-order valence-electron chi connectivity index (χ1n) is 10.3. The largest absolute Gasteiger partial charge is 0.490 e. The van der Waals surface area contributed by atoms with E-state index in [1.54, 1.807) is 11.0 Å². The summed E-state index contributed by atoms with van der Waals surface area (Å²) in [6.07, 6.45) is -6.87. The van der Waals surface area contributed by atoms with Crippen molar-refractivity contribution in [3.05, 3.63) is 35.9 Å². The Kier molecular flexibility index (Phi) is 7.61. The van der Waals surface area contributed by atoms with Gasteiger partial charge in [0.2, 0.25) is 0 Å². The summed E-state index contributed by atoms with van der Waals surface area (Å²) in [7, 11) is 1.31. The van der Waals surface area contributed by atoms with Gasteiger partial charge in [-0.15, -0.1) is 0 Å². The Morgan fingerprint density at radius 1 is 1.19 bits per heavy atom. The Bertz CT molecular complexity index is 1280. The average molecular weight is 540 g/mol. The van der Waals surface area contributed by atoms with Crippen LogP contribution < -0.4 is 16.0 Å². The fraction of sp³-hybridized carbons (Fsp3) is 0.421. The van der Waals surface area contributed by atoms with Gasteiger partial charge in [0.1, 0.15) is 17.6 Å². The summed E-state index contributed by atoms with van der Waals surface area (Å²) in [5.74, 6) is -3.19. The molecule has 1 amide bonds. The van der Waals surface area contributed by atoms with Crippen molar-refractivity contribution in [3.8, 4) is 0 Å². The molecule has 18 heteroatoms. The van der Waals surface area contributed by atoms with Crippen molar-refractivity contribution in [2.24, 2.45) is 12.8 Å². The van der Waals surface area contributed by atoms with E-state index in [2.05, 4.69) is 20.5 Å². The van der Waals surface area contributed by atoms with Gasteiger partial charge >= 0.3 is 18.3 Å². The molecule has 4 N–H and O–H groups in total. The lowest BCUT2D eigenvalue weighted by molar-refractivity contribution is -0.192. The number of aliphatic carboxylic acids is 1. The normalized spacial score (nSPS) is 18.4. The van der Waals surface area contributed by atoms with E-state index in [9.17, 15) is 35.5 Å². The Morgan fingerprint density at radius 3 is 2.41 bits per heavy atom. The number of aryl methyl sites for hydroxylation is 1. The molecule has 11 nitrogen and oxygen atoms in total. The van der Waals surface area contributed by atoms with Crippen molar-refractivity contribution >= 4 is 29.0 Å². The molecule has 0 bridgehead atoms. The maximum absolute atomic E-state index is 13.9. The van der Waals surface area contributed by atoms with E-state index < -0.39 is 41.8 Å². The van der Waals surface area contributed by atoms with Gasteiger partial charge in [0.15, 0.2) is 11.3 Å². The quantitative estimate of drug-likeness (QED) is 0.430. The van der Waals surface area contributed by atoms with Gasteiger partial charge in [-0.25, -0.2) is 18.7 Å². The van der Waals surface area contributed by atoms with E-state index in [1.807, 2.05) is 0 Å². The highest BCUT2D eigenvalue weighted by Gasteiger charge is 2.39. The third-order valence-corrected chi connectivity index (χ3v) is 4.94. The minimum absolute atomic E-state index is 0.0352. The maximum Gasteiger partial charge on any atom is 0.490 e. The summed E-state index contributed by atoms with van der Waals surface area (Å²) in [5, 5.41) is 16.7. The molecule has 3 aromatic rings. The Hall–Kier alpha value is -3.96. The number of anilines is 2. The fourth-order valence-electron chi connectivity index (χ4n) is 3.44. The zero-order valence-electron chi connectivity index (χ0n) is 18.8. The monoisotopic (exact) mass is 540 g/mol. The number of carbonyl (C=O) groups excluding carboxylic acids is 1. The topological polar surface area (TPSA) is 144 Å². The van der Waals surface area contributed by atoms with E-state index >= 15 is 0 Å². The van der Waals surface area contributed by atoms with Crippen molar-refractivity contribution in [3.63, 3.8) is 0 Å². The van der Waals surface area contributed by atoms with Crippen LogP contribution in [0.5, 0.6) is 0 Å². The highest BCUT2D eigenvalue weighted by atomic mass is 19.4. The number of hydrogen-bond donors (Lipinski definition) is 3. The number of piperidine rings is 1. The van der Waals surface area contributed by atoms with Gasteiger partial charge in [0.25, 0.3) is 5.91 Å². The third kappa shape index (κ3) is 6.63. The summed E-state index contributed by atoms with van der Waals surface area (Å²) in [6, 6.07) is 1.25. The number of nitrogens with one attached hydrogen (secondary N) is 1. The van der Waals surface area contributed by atoms with Crippen molar-refractivity contribution in [1.29, 1.82) is 0 Å². The molecule has 1 aliphatic rings. The SMILES string of the molecule is Cn1cc(NC(=O)c2cnn3ccc(N4C[C@H](N)C[C@H](F)C4)nc23)c(C(F)(F)F)n1.O=C(O)C(F)(F)F. The molecule has 4 heterocycles. The molecule has 202 valence electrons. The number of nitrogens with zero attached hydrogens (tertiary/aromatic N) is 6. The van der Waals surface area contributed by atoms with Crippen LogP contribution in [0, 0.1) is 0 Å². The Balaban J connectivity index is 0.000000479. The summed E-state index contributed by atoms with van der Waals surface area (Å²) >= 11 is 0. The van der Waals surface area contributed by atoms with Crippen LogP contribution in [0.25, 0.3) is 5.65 Å². The van der Waals surface area contributed by atoms with Crippen LogP contribution in [-0.4, -0.2) is 72.8 Å². The smallest absolute Gasteiger partial charge is 0.475 e. The van der Waals surface area contributed by atoms with Crippen molar-refractivity contribution in [2.75, 3.05) is 23.3 Å². The number of amides is 1. The molecule has 0 unspecified atom stereocenters. The Morgan fingerprint density at radius 2 is 1.84 bits per heavy atom. The molecular formula is C19H19F7N8O3. The van der Waals surface area contributed by atoms with Gasteiger partial charge in [0, 0.05) is 32.0 Å². The Labute approximate surface area is 202 Å². The number of aromatic nitrogens is 5. The van der Waals surface area contributed by atoms with Crippen molar-refractivity contribution in [2.45, 2.75) is 31.0 Å². The molecule has 1 saturated heterocycles. The van der Waals surface area contributed by atoms with Crippen molar-refractivity contribution in [1.82, 2.24) is 24.4 Å². The van der Waals surface area contributed by atoms with E-state index in [0.29, 0.717) is 12.4 Å². The van der Waals surface area contributed by atoms with Gasteiger partial charge in [0.05, 0.1) is 18.4 Å². The van der Waals surface area contributed by atoms with Gasteiger partial charge in [-0.2, -0.15) is 36.5 Å². The van der Waals surface area contributed by atoms with E-state index in [-0.39, 0.29) is 30.2 Å². The lowest BCUT2D eigenvalue weighted by Crippen LogP contribution is -2.48. The first kappa shape index (κ1) is 27.6. The number of fused-ring (bicyclic) bond motifs is 1. The summed E-state index contributed by atoms with van der Waals surface area (Å²) in [4.78, 5) is 27.6. The number of halogens is 7. The van der Waals surface area contributed by atoms with Crippen LogP contribution in [0.4, 0.5) is 42.2 Å². The molecule has 3 aromatic heterocycles. The molecule has 0 aliphatic carbocycles. The molecule has 4 rings (SSSR count). The molecule has 1 fully saturated rings. The van der Waals surface area contributed by atoms with Crippen LogP contribution in [0.15, 0.2) is 24.7 Å². The zero-order chi connectivity index (χ0) is 27.7. The number of carbonyl (C=O) groups is 2. The maximum atomic E-state index is 13.9. The van der Waals surface area contributed by atoms with E-state index in [0.717, 1.165) is 10.9 Å². The highest BCUT2D eigenvalue weighted by molar-refractivity contribution is 6.08. The fourth-order valence-corrected chi connectivity index (χ4v) is 3.44. The number of carboxylic acid groups (broad SMARTS) is 1. The van der Waals surface area contributed by atoms with E-state index in [4.69, 9.17) is 15.6 Å². The second-order valence-corrected chi connectivity index (χ2v) is 7.93. The van der Waals surface area contributed by atoms with Crippen molar-refractivity contribution < 1.29 is 45.4 Å². The summed E-state index contributed by atoms with van der Waals surface area (Å²) in [6.45, 7) is 0.501. The van der Waals surface area contributed by atoms with Crippen LogP contribution in [0.3, 0.4) is 0 Å². The number of alkyl halides is 7. The molecule has 37 heavy (non-hydrogen) atoms. The lowest BCUT2D eigenvalue weighted by Gasteiger charge is -2.33. The molecule has 0 saturated carbocycles. The standard InChI is InChI=1S/C17H18F4N8O.C2HF3O2/c1-27-8-12(14(26-27)17(19,20)21)24-16(30)11-5-23-29-3-2-13(25-15(11)29)28-6-9(18)4-10(22)7-28;3-2(4,5)1(6)7/h2-3,5,8-10H,4,6-7,22H2,1H3,(H,24,30);(H,6,7)/t9-,10+;/m0./s1. The van der Waals surface area contributed by atoms with E-state index in [1.165, 1.54) is 24.0 Å². The number of carboxylic acids is 1. The first-order valence-corrected chi connectivity index (χ1v) is 10.3. The molecule has 1 aliphatic heterocycles. The summed E-state index contributed by atoms with van der Waals surface area (Å²) in [5.41, 5.74) is 4.27. The predicted molar refractivity (Wildman–Crippen MR) is 113 cm³/mol. The minimum atomic E-state index is -5.08. The average Bonchev–Trinajstić information content (AvgIpc) is 3.35. The minimum Gasteiger partial charge on any atom is -0.475 e. The van der Waals surface area contributed by atoms with Gasteiger partial charge in [-0.05, 0) is 12.5 Å². The third-order valence-electron chi connectivity index (χ3n) is 4.94. The zero-order valence-corrected chi connectivity index (χ0v) is 18.8. The number of hydrogen-bond acceptors (Lipinski definition) is 7. The van der Waals surface area contributed by atoms with Gasteiger partial charge in [-0.3, -0.25) is 9.48 Å².